The van der Waals surface area contributed by atoms with Crippen molar-refractivity contribution in [1.82, 2.24) is 9.97 Å². The number of halogens is 2. The Bertz CT molecular complexity index is 721. The Labute approximate surface area is 130 Å². The first-order valence-electron chi connectivity index (χ1n) is 5.96. The van der Waals surface area contributed by atoms with Crippen LogP contribution >= 0.6 is 34.5 Å². The second-order valence-electron chi connectivity index (χ2n) is 4.31. The summed E-state index contributed by atoms with van der Waals surface area (Å²) in [5, 5.41) is 0. The topological polar surface area (TPSA) is 54.7 Å². The molecule has 0 aliphatic carbocycles. The van der Waals surface area contributed by atoms with Gasteiger partial charge in [0.1, 0.15) is 10.2 Å². The number of imidazole rings is 1. The highest BCUT2D eigenvalue weighted by Gasteiger charge is 2.15. The van der Waals surface area contributed by atoms with Crippen LogP contribution in [0.15, 0.2) is 42.6 Å². The summed E-state index contributed by atoms with van der Waals surface area (Å²) in [5.41, 5.74) is 8.87. The minimum atomic E-state index is -0.294. The molecule has 0 bridgehead atoms. The van der Waals surface area contributed by atoms with Crippen LogP contribution in [0.2, 0.25) is 8.67 Å². The van der Waals surface area contributed by atoms with Gasteiger partial charge in [-0.2, -0.15) is 0 Å². The Kier molecular flexibility index (Phi) is 3.81. The van der Waals surface area contributed by atoms with Gasteiger partial charge in [0.2, 0.25) is 0 Å². The highest BCUT2D eigenvalue weighted by atomic mass is 35.5. The maximum Gasteiger partial charge on any atom is 0.128 e. The lowest BCUT2D eigenvalue weighted by Crippen LogP contribution is -2.13. The van der Waals surface area contributed by atoms with Gasteiger partial charge in [-0.05, 0) is 11.6 Å². The van der Waals surface area contributed by atoms with E-state index >= 15 is 0 Å². The Morgan fingerprint density at radius 2 is 1.95 bits per heavy atom. The van der Waals surface area contributed by atoms with E-state index < -0.39 is 0 Å². The van der Waals surface area contributed by atoms with E-state index in [4.69, 9.17) is 28.9 Å². The molecule has 3 rings (SSSR count). The summed E-state index contributed by atoms with van der Waals surface area (Å²) in [4.78, 5) is 7.55. The van der Waals surface area contributed by atoms with Crippen LogP contribution < -0.4 is 5.73 Å². The number of H-pyrrole nitrogens is 1. The lowest BCUT2D eigenvalue weighted by molar-refractivity contribution is 0.801. The summed E-state index contributed by atoms with van der Waals surface area (Å²) in [7, 11) is 0. The molecule has 0 fully saturated rings. The summed E-state index contributed by atoms with van der Waals surface area (Å²) in [6.45, 7) is 0. The fourth-order valence-electron chi connectivity index (χ4n) is 1.97. The Balaban J connectivity index is 1.93. The predicted octanol–water partition coefficient (Wildman–Crippen LogP) is 4.49. The normalized spacial score (nSPS) is 12.6. The molecule has 0 aliphatic heterocycles. The van der Waals surface area contributed by atoms with Crippen LogP contribution in [0.3, 0.4) is 0 Å². The maximum absolute atomic E-state index is 6.20. The number of hydrogen-bond donors (Lipinski definition) is 2. The van der Waals surface area contributed by atoms with Crippen LogP contribution in [0.5, 0.6) is 0 Å². The highest BCUT2D eigenvalue weighted by molar-refractivity contribution is 7.20. The molecule has 102 valence electrons. The van der Waals surface area contributed by atoms with Gasteiger partial charge in [-0.15, -0.1) is 11.3 Å². The van der Waals surface area contributed by atoms with Gasteiger partial charge in [0.05, 0.1) is 22.3 Å². The number of benzene rings is 1. The van der Waals surface area contributed by atoms with Gasteiger partial charge in [-0.1, -0.05) is 53.5 Å². The molecule has 1 aromatic carbocycles. The third kappa shape index (κ3) is 2.60. The number of nitrogens with one attached hydrogen (secondary N) is 1. The zero-order chi connectivity index (χ0) is 14.1. The predicted molar refractivity (Wildman–Crippen MR) is 84.4 cm³/mol. The smallest absolute Gasteiger partial charge is 0.128 e. The van der Waals surface area contributed by atoms with Crippen LogP contribution in [0.1, 0.15) is 17.4 Å². The lowest BCUT2D eigenvalue weighted by atomic mass is 10.1. The Morgan fingerprint density at radius 1 is 1.20 bits per heavy atom. The minimum Gasteiger partial charge on any atom is -0.340 e. The Morgan fingerprint density at radius 3 is 2.60 bits per heavy atom. The highest BCUT2D eigenvalue weighted by Crippen LogP contribution is 2.37. The molecule has 0 aliphatic rings. The third-order valence-electron chi connectivity index (χ3n) is 3.00. The van der Waals surface area contributed by atoms with Crippen molar-refractivity contribution in [3.63, 3.8) is 0 Å². The number of aromatic nitrogens is 2. The molecule has 0 radical (unpaired) electrons. The lowest BCUT2D eigenvalue weighted by Gasteiger charge is -2.08. The van der Waals surface area contributed by atoms with Gasteiger partial charge in [-0.25, -0.2) is 4.98 Å². The van der Waals surface area contributed by atoms with Crippen molar-refractivity contribution in [1.29, 1.82) is 0 Å². The first-order valence-corrected chi connectivity index (χ1v) is 7.53. The molecule has 3 aromatic rings. The van der Waals surface area contributed by atoms with Gasteiger partial charge >= 0.3 is 0 Å². The molecule has 0 amide bonds. The first-order chi connectivity index (χ1) is 9.65. The molecule has 3 N–H and O–H groups in total. The largest absolute Gasteiger partial charge is 0.340 e. The van der Waals surface area contributed by atoms with Crippen LogP contribution in [-0.2, 0) is 0 Å². The van der Waals surface area contributed by atoms with E-state index in [0.717, 1.165) is 16.8 Å². The first kappa shape index (κ1) is 13.6. The maximum atomic E-state index is 6.20. The average Bonchev–Trinajstić information content (AvgIpc) is 3.05. The fraction of sp³-hybridized carbons (Fsp3) is 0.0714. The average molecular weight is 324 g/mol. The van der Waals surface area contributed by atoms with Crippen LogP contribution in [0.4, 0.5) is 0 Å². The van der Waals surface area contributed by atoms with Gasteiger partial charge in [-0.3, -0.25) is 0 Å². The number of thiophene rings is 1. The number of hydrogen-bond acceptors (Lipinski definition) is 3. The van der Waals surface area contributed by atoms with Crippen molar-refractivity contribution in [2.75, 3.05) is 0 Å². The van der Waals surface area contributed by atoms with E-state index in [1.54, 1.807) is 6.20 Å². The van der Waals surface area contributed by atoms with Crippen molar-refractivity contribution >= 4 is 34.5 Å². The summed E-state index contributed by atoms with van der Waals surface area (Å²) < 4.78 is 1.28. The number of nitrogens with two attached hydrogens (primary N) is 1. The van der Waals surface area contributed by atoms with E-state index in [9.17, 15) is 0 Å². The number of rotatable bonds is 3. The van der Waals surface area contributed by atoms with E-state index in [2.05, 4.69) is 9.97 Å². The molecular weight excluding hydrogens is 313 g/mol. The summed E-state index contributed by atoms with van der Waals surface area (Å²) in [6, 6.07) is 11.3. The van der Waals surface area contributed by atoms with Gasteiger partial charge in [0, 0.05) is 5.56 Å². The van der Waals surface area contributed by atoms with E-state index in [-0.39, 0.29) is 6.04 Å². The molecule has 1 unspecified atom stereocenters. The summed E-state index contributed by atoms with van der Waals surface area (Å²) in [5.74, 6) is 0.699. The molecule has 20 heavy (non-hydrogen) atoms. The molecule has 1 atom stereocenters. The second kappa shape index (κ2) is 5.58. The monoisotopic (exact) mass is 323 g/mol. The SMILES string of the molecule is NC(c1ccccc1)c1ncc(-c2cc(Cl)sc2Cl)[nH]1. The quantitative estimate of drug-likeness (QED) is 0.745. The van der Waals surface area contributed by atoms with Crippen LogP contribution in [0.25, 0.3) is 11.3 Å². The van der Waals surface area contributed by atoms with Gasteiger partial charge in [0.25, 0.3) is 0 Å². The second-order valence-corrected chi connectivity index (χ2v) is 6.59. The Hall–Kier alpha value is -1.33. The molecule has 0 saturated carbocycles. The van der Waals surface area contributed by atoms with Crippen molar-refractivity contribution < 1.29 is 0 Å². The minimum absolute atomic E-state index is 0.294. The zero-order valence-corrected chi connectivity index (χ0v) is 12.6. The molecule has 2 heterocycles. The standard InChI is InChI=1S/C14H11Cl2N3S/c15-11-6-9(13(16)20-11)10-7-18-14(19-10)12(17)8-4-2-1-3-5-8/h1-7,12H,17H2,(H,18,19). The molecule has 0 saturated heterocycles. The van der Waals surface area contributed by atoms with Gasteiger partial charge in [0.15, 0.2) is 0 Å². The van der Waals surface area contributed by atoms with E-state index in [1.165, 1.54) is 11.3 Å². The summed E-state index contributed by atoms with van der Waals surface area (Å²) in [6.07, 6.45) is 1.72. The molecular formula is C14H11Cl2N3S. The molecule has 6 heteroatoms. The van der Waals surface area contributed by atoms with E-state index in [0.29, 0.717) is 14.5 Å². The van der Waals surface area contributed by atoms with Crippen molar-refractivity contribution in [2.24, 2.45) is 5.73 Å². The molecule has 3 nitrogen and oxygen atoms in total. The molecule has 2 aromatic heterocycles. The van der Waals surface area contributed by atoms with Crippen molar-refractivity contribution in [2.45, 2.75) is 6.04 Å². The van der Waals surface area contributed by atoms with E-state index in [1.807, 2.05) is 36.4 Å². The van der Waals surface area contributed by atoms with Crippen molar-refractivity contribution in [3.8, 4) is 11.3 Å². The number of nitrogens with zero attached hydrogens (tertiary/aromatic N) is 1. The number of aromatic amines is 1. The summed E-state index contributed by atoms with van der Waals surface area (Å²) >= 11 is 13.4. The van der Waals surface area contributed by atoms with Crippen LogP contribution in [-0.4, -0.2) is 9.97 Å². The van der Waals surface area contributed by atoms with Gasteiger partial charge < -0.3 is 10.7 Å². The molecule has 0 spiro atoms. The van der Waals surface area contributed by atoms with Crippen LogP contribution in [0, 0.1) is 0 Å². The zero-order valence-electron chi connectivity index (χ0n) is 10.3. The third-order valence-corrected chi connectivity index (χ3v) is 4.48. The fourth-order valence-corrected chi connectivity index (χ4v) is 3.47. The van der Waals surface area contributed by atoms with Crippen molar-refractivity contribution in [3.05, 3.63) is 62.7 Å².